The van der Waals surface area contributed by atoms with E-state index in [9.17, 15) is 9.90 Å². The van der Waals surface area contributed by atoms with E-state index in [0.717, 1.165) is 15.9 Å². The van der Waals surface area contributed by atoms with Gasteiger partial charge in [-0.15, -0.1) is 0 Å². The average Bonchev–Trinajstić information content (AvgIpc) is 2.62. The number of carbonyl (C=O) groups excluding carboxylic acids is 1. The minimum Gasteiger partial charge on any atom is -0.545 e. The lowest BCUT2D eigenvalue weighted by Crippen LogP contribution is -2.33. The van der Waals surface area contributed by atoms with Gasteiger partial charge >= 0.3 is 0 Å². The Morgan fingerprint density at radius 2 is 0.957 bits per heavy atom. The molecule has 0 unspecified atom stereocenters. The fourth-order valence-corrected chi connectivity index (χ4v) is 6.40. The summed E-state index contributed by atoms with van der Waals surface area (Å²) in [6, 6.07) is 29.4. The number of carboxylic acids is 1. The molecule has 0 aliphatic heterocycles. The number of carbonyl (C=O) groups is 1. The summed E-state index contributed by atoms with van der Waals surface area (Å²) in [5.41, 5.74) is 0. The van der Waals surface area contributed by atoms with Crippen molar-refractivity contribution < 1.29 is 9.90 Å². The van der Waals surface area contributed by atoms with Crippen molar-refractivity contribution in [2.24, 2.45) is 0 Å². The van der Waals surface area contributed by atoms with Crippen molar-refractivity contribution in [2.45, 2.75) is 0 Å². The van der Waals surface area contributed by atoms with Crippen molar-refractivity contribution in [2.75, 3.05) is 0 Å². The SMILES string of the molecule is O=C([O-])C=P(c1ccccc1)(c1ccccc1)c1ccccc1. The van der Waals surface area contributed by atoms with Crippen molar-refractivity contribution in [3.05, 3.63) is 91.0 Å². The van der Waals surface area contributed by atoms with Gasteiger partial charge in [0.25, 0.3) is 0 Å². The normalized spacial score (nSPS) is 11.0. The Kier molecular flexibility index (Phi) is 4.45. The third-order valence-corrected chi connectivity index (χ3v) is 7.73. The summed E-state index contributed by atoms with van der Waals surface area (Å²) in [7, 11) is 0. The Labute approximate surface area is 136 Å². The first-order valence-electron chi connectivity index (χ1n) is 7.36. The van der Waals surface area contributed by atoms with Gasteiger partial charge in [-0.25, -0.2) is 0 Å². The number of carboxylic acid groups (broad SMARTS) is 1. The highest BCUT2D eigenvalue weighted by Gasteiger charge is 2.24. The van der Waals surface area contributed by atoms with Crippen LogP contribution in [0.25, 0.3) is 0 Å². The highest BCUT2D eigenvalue weighted by atomic mass is 31.2. The largest absolute Gasteiger partial charge is 0.545 e. The van der Waals surface area contributed by atoms with E-state index in [1.54, 1.807) is 0 Å². The monoisotopic (exact) mass is 319 g/mol. The fraction of sp³-hybridized carbons (Fsp3) is 0. The number of benzene rings is 3. The topological polar surface area (TPSA) is 40.1 Å². The van der Waals surface area contributed by atoms with Gasteiger partial charge in [-0.2, -0.15) is 0 Å². The van der Waals surface area contributed by atoms with Gasteiger partial charge in [0.05, 0.1) is 5.97 Å². The second-order valence-electron chi connectivity index (χ2n) is 5.18. The van der Waals surface area contributed by atoms with Crippen molar-refractivity contribution in [3.63, 3.8) is 0 Å². The molecule has 3 heteroatoms. The summed E-state index contributed by atoms with van der Waals surface area (Å²) in [6.07, 6.45) is 0. The fourth-order valence-electron chi connectivity index (χ4n) is 2.82. The van der Waals surface area contributed by atoms with E-state index in [1.165, 1.54) is 5.80 Å². The maximum absolute atomic E-state index is 11.6. The van der Waals surface area contributed by atoms with Crippen LogP contribution in [0, 0.1) is 0 Å². The first-order valence-corrected chi connectivity index (χ1v) is 9.22. The molecule has 23 heavy (non-hydrogen) atoms. The van der Waals surface area contributed by atoms with Gasteiger partial charge in [0.1, 0.15) is 0 Å². The first-order chi connectivity index (χ1) is 11.2. The smallest absolute Gasteiger partial charge is 0.0653 e. The van der Waals surface area contributed by atoms with Crippen LogP contribution in [-0.2, 0) is 4.79 Å². The zero-order valence-corrected chi connectivity index (χ0v) is 13.4. The highest BCUT2D eigenvalue weighted by Crippen LogP contribution is 2.43. The standard InChI is InChI=1S/C20H17O2P/c21-20(22)16-23(17-10-4-1-5-11-17,18-12-6-2-7-13-18)19-14-8-3-9-15-19/h1-16H,(H,21,22)/p-1. The molecule has 0 saturated heterocycles. The Balaban J connectivity index is 2.43. The number of rotatable bonds is 4. The van der Waals surface area contributed by atoms with Crippen molar-refractivity contribution >= 4 is 34.6 Å². The van der Waals surface area contributed by atoms with Crippen LogP contribution in [0.1, 0.15) is 0 Å². The molecule has 0 atom stereocenters. The van der Waals surface area contributed by atoms with Crippen molar-refractivity contribution in [1.29, 1.82) is 0 Å². The van der Waals surface area contributed by atoms with Gasteiger partial charge in [-0.1, -0.05) is 91.0 Å². The minimum atomic E-state index is -2.40. The van der Waals surface area contributed by atoms with E-state index in [4.69, 9.17) is 0 Å². The van der Waals surface area contributed by atoms with E-state index < -0.39 is 12.9 Å². The maximum Gasteiger partial charge on any atom is 0.0653 e. The molecule has 0 aliphatic carbocycles. The molecule has 0 radical (unpaired) electrons. The lowest BCUT2D eigenvalue weighted by Gasteiger charge is -2.28. The van der Waals surface area contributed by atoms with Gasteiger partial charge in [0, 0.05) is 0 Å². The third-order valence-electron chi connectivity index (χ3n) is 3.79. The summed E-state index contributed by atoms with van der Waals surface area (Å²) in [5, 5.41) is 14.6. The van der Waals surface area contributed by atoms with Crippen LogP contribution in [0.3, 0.4) is 0 Å². The molecule has 0 amide bonds. The van der Waals surface area contributed by atoms with E-state index in [0.29, 0.717) is 0 Å². The molecular formula is C20H16O2P-. The van der Waals surface area contributed by atoms with E-state index in [2.05, 4.69) is 0 Å². The number of hydrogen-bond acceptors (Lipinski definition) is 2. The predicted molar refractivity (Wildman–Crippen MR) is 96.2 cm³/mol. The second-order valence-corrected chi connectivity index (χ2v) is 8.43. The Morgan fingerprint density at radius 1 is 0.652 bits per heavy atom. The first kappa shape index (κ1) is 15.3. The van der Waals surface area contributed by atoms with E-state index in [1.807, 2.05) is 91.0 Å². The lowest BCUT2D eigenvalue weighted by atomic mass is 10.4. The Morgan fingerprint density at radius 3 is 1.22 bits per heavy atom. The summed E-state index contributed by atoms with van der Waals surface area (Å²) in [5.74, 6) is 0.238. The van der Waals surface area contributed by atoms with Gasteiger partial charge in [-0.05, 0) is 28.6 Å². The summed E-state index contributed by atoms with van der Waals surface area (Å²) >= 11 is 0. The molecule has 0 aromatic heterocycles. The van der Waals surface area contributed by atoms with E-state index in [-0.39, 0.29) is 0 Å². The number of hydrogen-bond donors (Lipinski definition) is 0. The molecule has 0 spiro atoms. The highest BCUT2D eigenvalue weighted by molar-refractivity contribution is 7.95. The van der Waals surface area contributed by atoms with Crippen LogP contribution in [0.4, 0.5) is 0 Å². The summed E-state index contributed by atoms with van der Waals surface area (Å²) < 4.78 is 0. The molecule has 114 valence electrons. The molecule has 3 rings (SSSR count). The molecule has 0 saturated carbocycles. The van der Waals surface area contributed by atoms with Crippen molar-refractivity contribution in [3.8, 4) is 0 Å². The minimum absolute atomic E-state index is 1.00. The van der Waals surface area contributed by atoms with E-state index >= 15 is 0 Å². The van der Waals surface area contributed by atoms with Crippen LogP contribution in [0.15, 0.2) is 91.0 Å². The van der Waals surface area contributed by atoms with Crippen LogP contribution in [0.5, 0.6) is 0 Å². The Bertz CT molecular complexity index is 737. The van der Waals surface area contributed by atoms with Crippen LogP contribution in [0.2, 0.25) is 0 Å². The van der Waals surface area contributed by atoms with Gasteiger partial charge in [-0.3, -0.25) is 0 Å². The summed E-state index contributed by atoms with van der Waals surface area (Å²) in [6.45, 7) is -2.40. The molecular weight excluding hydrogens is 303 g/mol. The molecule has 3 aromatic carbocycles. The molecule has 2 nitrogen and oxygen atoms in total. The zero-order valence-electron chi connectivity index (χ0n) is 12.5. The van der Waals surface area contributed by atoms with Crippen LogP contribution < -0.4 is 21.0 Å². The molecule has 0 fully saturated rings. The van der Waals surface area contributed by atoms with Crippen LogP contribution >= 0.6 is 6.89 Å². The predicted octanol–water partition coefficient (Wildman–Crippen LogP) is 1.53. The van der Waals surface area contributed by atoms with Crippen molar-refractivity contribution in [1.82, 2.24) is 0 Å². The molecule has 3 aromatic rings. The second kappa shape index (κ2) is 6.68. The number of aliphatic carboxylic acids is 1. The molecule has 0 aliphatic rings. The Hall–Kier alpha value is -2.57. The molecule has 0 N–H and O–H groups in total. The van der Waals surface area contributed by atoms with Gasteiger partial charge in [0.15, 0.2) is 0 Å². The molecule has 0 heterocycles. The average molecular weight is 319 g/mol. The van der Waals surface area contributed by atoms with Crippen LogP contribution in [-0.4, -0.2) is 11.8 Å². The van der Waals surface area contributed by atoms with Gasteiger partial charge in [0.2, 0.25) is 0 Å². The maximum atomic E-state index is 11.6. The quantitative estimate of drug-likeness (QED) is 0.684. The third kappa shape index (κ3) is 2.99. The lowest BCUT2D eigenvalue weighted by molar-refractivity contribution is -0.293. The summed E-state index contributed by atoms with van der Waals surface area (Å²) in [4.78, 5) is 11.6. The zero-order chi connectivity index (χ0) is 16.1. The van der Waals surface area contributed by atoms with Gasteiger partial charge < -0.3 is 9.90 Å². The molecule has 0 bridgehead atoms.